The molecule has 9 nitrogen and oxygen atoms in total. The molecule has 0 aliphatic heterocycles. The third-order valence-electron chi connectivity index (χ3n) is 5.67. The fourth-order valence-electron chi connectivity index (χ4n) is 4.00. The van der Waals surface area contributed by atoms with E-state index in [-0.39, 0.29) is 0 Å². The topological polar surface area (TPSA) is 121 Å². The number of aromatic nitrogens is 8. The van der Waals surface area contributed by atoms with Gasteiger partial charge in [-0.3, -0.25) is 15.1 Å². The van der Waals surface area contributed by atoms with Gasteiger partial charge in [-0.05, 0) is 42.4 Å². The molecule has 3 N–H and O–H groups in total. The maximum atomic E-state index is 4.91. The molecular formula is C25H21N9. The van der Waals surface area contributed by atoms with E-state index in [1.165, 1.54) is 0 Å². The second kappa shape index (κ2) is 8.45. The van der Waals surface area contributed by atoms with Gasteiger partial charge < -0.3 is 10.3 Å². The number of rotatable bonds is 6. The van der Waals surface area contributed by atoms with E-state index in [4.69, 9.17) is 9.97 Å². The molecule has 0 saturated heterocycles. The predicted molar refractivity (Wildman–Crippen MR) is 131 cm³/mol. The third kappa shape index (κ3) is 3.57. The molecule has 0 atom stereocenters. The summed E-state index contributed by atoms with van der Waals surface area (Å²) in [6.45, 7) is 3.75. The van der Waals surface area contributed by atoms with E-state index in [0.717, 1.165) is 57.6 Å². The van der Waals surface area contributed by atoms with Crippen molar-refractivity contribution < 1.29 is 0 Å². The molecule has 0 unspecified atom stereocenters. The van der Waals surface area contributed by atoms with Gasteiger partial charge in [-0.2, -0.15) is 5.10 Å². The van der Waals surface area contributed by atoms with E-state index >= 15 is 0 Å². The highest BCUT2D eigenvalue weighted by Crippen LogP contribution is 2.30. The van der Waals surface area contributed by atoms with Crippen molar-refractivity contribution in [2.75, 3.05) is 6.54 Å². The van der Waals surface area contributed by atoms with Crippen molar-refractivity contribution in [3.8, 4) is 33.9 Å². The van der Waals surface area contributed by atoms with Crippen molar-refractivity contribution in [3.05, 3.63) is 72.9 Å². The van der Waals surface area contributed by atoms with Crippen LogP contribution in [0.2, 0.25) is 0 Å². The van der Waals surface area contributed by atoms with E-state index in [1.807, 2.05) is 48.9 Å². The summed E-state index contributed by atoms with van der Waals surface area (Å²) in [7, 11) is 0. The Bertz CT molecular complexity index is 1600. The lowest BCUT2D eigenvalue weighted by Crippen LogP contribution is -2.11. The lowest BCUT2D eigenvalue weighted by molar-refractivity contribution is 0.724. The maximum Gasteiger partial charge on any atom is 0.178 e. The van der Waals surface area contributed by atoms with Crippen LogP contribution in [0, 0.1) is 0 Å². The molecule has 34 heavy (non-hydrogen) atoms. The van der Waals surface area contributed by atoms with Gasteiger partial charge in [-0.15, -0.1) is 0 Å². The average molecular weight is 448 g/mol. The molecule has 0 fully saturated rings. The number of hydrogen-bond acceptors (Lipinski definition) is 7. The lowest BCUT2D eigenvalue weighted by atomic mass is 10.1. The summed E-state index contributed by atoms with van der Waals surface area (Å²) in [5.74, 6) is 0.605. The quantitative estimate of drug-likeness (QED) is 0.351. The summed E-state index contributed by atoms with van der Waals surface area (Å²) in [5.41, 5.74) is 8.51. The van der Waals surface area contributed by atoms with Crippen LogP contribution in [0.3, 0.4) is 0 Å². The molecule has 0 bridgehead atoms. The number of pyridine rings is 4. The zero-order chi connectivity index (χ0) is 22.9. The first-order valence-electron chi connectivity index (χ1n) is 11.1. The minimum Gasteiger partial charge on any atom is -0.335 e. The van der Waals surface area contributed by atoms with Crippen LogP contribution < -0.4 is 5.32 Å². The number of fused-ring (bicyclic) bond motifs is 2. The van der Waals surface area contributed by atoms with Crippen LogP contribution in [-0.4, -0.2) is 46.6 Å². The molecule has 6 aromatic rings. The number of nitrogens with zero attached hydrogens (tertiary/aromatic N) is 6. The molecular weight excluding hydrogens is 426 g/mol. The van der Waals surface area contributed by atoms with E-state index in [2.05, 4.69) is 48.4 Å². The SMILES string of the molecule is CCNCc1cncc(-c2ccc3[nH]nc(-c4nc5nccc(-c6cccnc6)c5[nH]4)c3n2)c1. The summed E-state index contributed by atoms with van der Waals surface area (Å²) in [5, 5.41) is 10.9. The van der Waals surface area contributed by atoms with Crippen LogP contribution in [0.15, 0.2) is 67.4 Å². The number of hydrogen-bond donors (Lipinski definition) is 3. The minimum atomic E-state index is 0.605. The maximum absolute atomic E-state index is 4.91. The van der Waals surface area contributed by atoms with Crippen molar-refractivity contribution in [2.24, 2.45) is 0 Å². The average Bonchev–Trinajstić information content (AvgIpc) is 3.51. The van der Waals surface area contributed by atoms with Gasteiger partial charge in [-0.1, -0.05) is 13.0 Å². The largest absolute Gasteiger partial charge is 0.335 e. The summed E-state index contributed by atoms with van der Waals surface area (Å²) >= 11 is 0. The zero-order valence-electron chi connectivity index (χ0n) is 18.4. The summed E-state index contributed by atoms with van der Waals surface area (Å²) in [4.78, 5) is 26.1. The molecule has 6 heterocycles. The van der Waals surface area contributed by atoms with Crippen molar-refractivity contribution in [2.45, 2.75) is 13.5 Å². The van der Waals surface area contributed by atoms with Gasteiger partial charge in [0.1, 0.15) is 5.52 Å². The van der Waals surface area contributed by atoms with Crippen LogP contribution >= 0.6 is 0 Å². The van der Waals surface area contributed by atoms with Crippen LogP contribution in [0.1, 0.15) is 12.5 Å². The smallest absolute Gasteiger partial charge is 0.178 e. The monoisotopic (exact) mass is 447 g/mol. The van der Waals surface area contributed by atoms with E-state index in [0.29, 0.717) is 17.2 Å². The van der Waals surface area contributed by atoms with Crippen LogP contribution in [0.5, 0.6) is 0 Å². The lowest BCUT2D eigenvalue weighted by Gasteiger charge is -2.05. The molecule has 0 aromatic carbocycles. The van der Waals surface area contributed by atoms with Crippen molar-refractivity contribution in [1.82, 2.24) is 45.4 Å². The fraction of sp³-hybridized carbons (Fsp3) is 0.120. The van der Waals surface area contributed by atoms with Crippen molar-refractivity contribution >= 4 is 22.2 Å². The van der Waals surface area contributed by atoms with Crippen molar-refractivity contribution in [1.29, 1.82) is 0 Å². The molecule has 0 saturated carbocycles. The molecule has 0 aliphatic rings. The van der Waals surface area contributed by atoms with Gasteiger partial charge >= 0.3 is 0 Å². The van der Waals surface area contributed by atoms with Crippen LogP contribution in [0.4, 0.5) is 0 Å². The van der Waals surface area contributed by atoms with Crippen LogP contribution in [0.25, 0.3) is 56.1 Å². The standard InChI is InChI=1S/C25H21N9/c1-2-26-11-15-10-17(14-28-12-15)19-5-6-20-22(30-19)23(34-33-20)25-31-21-18(7-9-29-24(21)32-25)16-4-3-8-27-13-16/h3-10,12-14,26H,2,11H2,1H3,(H,33,34)(H,29,31,32). The molecule has 0 radical (unpaired) electrons. The van der Waals surface area contributed by atoms with Gasteiger partial charge in [0.15, 0.2) is 17.2 Å². The van der Waals surface area contributed by atoms with Gasteiger partial charge in [0.25, 0.3) is 0 Å². The molecule has 0 amide bonds. The van der Waals surface area contributed by atoms with Crippen molar-refractivity contribution in [3.63, 3.8) is 0 Å². The Morgan fingerprint density at radius 2 is 1.88 bits per heavy atom. The molecule has 9 heteroatoms. The Kier molecular flexibility index (Phi) is 5.00. The summed E-state index contributed by atoms with van der Waals surface area (Å²) in [6.07, 6.45) is 9.03. The van der Waals surface area contributed by atoms with Gasteiger partial charge in [0, 0.05) is 54.2 Å². The third-order valence-corrected chi connectivity index (χ3v) is 5.67. The Hall–Kier alpha value is -4.50. The number of nitrogens with one attached hydrogen (secondary N) is 3. The molecule has 6 rings (SSSR count). The number of H-pyrrole nitrogens is 2. The molecule has 6 aromatic heterocycles. The number of imidazole rings is 1. The van der Waals surface area contributed by atoms with E-state index < -0.39 is 0 Å². The Morgan fingerprint density at radius 1 is 0.941 bits per heavy atom. The van der Waals surface area contributed by atoms with E-state index in [9.17, 15) is 0 Å². The first-order chi connectivity index (χ1) is 16.8. The van der Waals surface area contributed by atoms with Gasteiger partial charge in [-0.25, -0.2) is 15.0 Å². The molecule has 166 valence electrons. The summed E-state index contributed by atoms with van der Waals surface area (Å²) in [6, 6.07) is 11.9. The zero-order valence-corrected chi connectivity index (χ0v) is 18.4. The van der Waals surface area contributed by atoms with E-state index in [1.54, 1.807) is 12.4 Å². The van der Waals surface area contributed by atoms with Crippen LogP contribution in [-0.2, 0) is 6.54 Å². The minimum absolute atomic E-state index is 0.605. The predicted octanol–water partition coefficient (Wildman–Crippen LogP) is 4.13. The Labute approximate surface area is 194 Å². The normalized spacial score (nSPS) is 11.4. The molecule has 0 aliphatic carbocycles. The Balaban J connectivity index is 1.44. The Morgan fingerprint density at radius 3 is 2.76 bits per heavy atom. The highest BCUT2D eigenvalue weighted by molar-refractivity contribution is 5.94. The highest BCUT2D eigenvalue weighted by Gasteiger charge is 2.17. The highest BCUT2D eigenvalue weighted by atomic mass is 15.2. The number of aromatic amines is 2. The van der Waals surface area contributed by atoms with Gasteiger partial charge in [0.2, 0.25) is 0 Å². The second-order valence-electron chi connectivity index (χ2n) is 7.91. The first-order valence-corrected chi connectivity index (χ1v) is 11.1. The fourth-order valence-corrected chi connectivity index (χ4v) is 4.00. The summed E-state index contributed by atoms with van der Waals surface area (Å²) < 4.78 is 0. The first kappa shape index (κ1) is 20.1. The van der Waals surface area contributed by atoms with Gasteiger partial charge in [0.05, 0.1) is 16.7 Å². The second-order valence-corrected chi connectivity index (χ2v) is 7.91. The molecule has 0 spiro atoms.